The molecule has 22 heavy (non-hydrogen) atoms. The van der Waals surface area contributed by atoms with Crippen molar-refractivity contribution in [3.63, 3.8) is 0 Å². The Balaban J connectivity index is 1.76. The Kier molecular flexibility index (Phi) is 3.80. The molecule has 0 radical (unpaired) electrons. The SMILES string of the molecule is Cc1nc(-c2ccc(NC(=O)c3nccnc3N)cc2)cs1. The third-order valence-corrected chi connectivity index (χ3v) is 3.77. The maximum Gasteiger partial charge on any atom is 0.278 e. The van der Waals surface area contributed by atoms with Gasteiger partial charge in [0.15, 0.2) is 11.5 Å². The topological polar surface area (TPSA) is 93.8 Å². The van der Waals surface area contributed by atoms with Gasteiger partial charge in [0.05, 0.1) is 10.7 Å². The molecular weight excluding hydrogens is 298 g/mol. The van der Waals surface area contributed by atoms with Crippen molar-refractivity contribution in [2.45, 2.75) is 6.92 Å². The maximum atomic E-state index is 12.1. The molecule has 0 saturated heterocycles. The predicted octanol–water partition coefficient (Wildman–Crippen LogP) is 2.74. The van der Waals surface area contributed by atoms with Gasteiger partial charge in [-0.1, -0.05) is 12.1 Å². The van der Waals surface area contributed by atoms with E-state index in [-0.39, 0.29) is 17.4 Å². The van der Waals surface area contributed by atoms with Crippen molar-refractivity contribution >= 4 is 28.7 Å². The number of nitrogens with zero attached hydrogens (tertiary/aromatic N) is 3. The van der Waals surface area contributed by atoms with Gasteiger partial charge in [0.1, 0.15) is 0 Å². The number of thiazole rings is 1. The smallest absolute Gasteiger partial charge is 0.278 e. The van der Waals surface area contributed by atoms with Gasteiger partial charge in [-0.15, -0.1) is 11.3 Å². The van der Waals surface area contributed by atoms with Crippen LogP contribution in [-0.2, 0) is 0 Å². The fraction of sp³-hybridized carbons (Fsp3) is 0.0667. The number of carbonyl (C=O) groups excluding carboxylic acids is 1. The molecule has 0 spiro atoms. The maximum absolute atomic E-state index is 12.1. The molecule has 7 heteroatoms. The molecule has 0 aliphatic heterocycles. The third kappa shape index (κ3) is 2.94. The van der Waals surface area contributed by atoms with E-state index in [9.17, 15) is 4.79 Å². The summed E-state index contributed by atoms with van der Waals surface area (Å²) >= 11 is 1.60. The van der Waals surface area contributed by atoms with Gasteiger partial charge in [-0.2, -0.15) is 0 Å². The molecule has 3 N–H and O–H groups in total. The molecule has 6 nitrogen and oxygen atoms in total. The van der Waals surface area contributed by atoms with Crippen LogP contribution in [0.3, 0.4) is 0 Å². The zero-order chi connectivity index (χ0) is 15.5. The molecule has 0 fully saturated rings. The van der Waals surface area contributed by atoms with Gasteiger partial charge in [-0.25, -0.2) is 15.0 Å². The number of nitrogens with two attached hydrogens (primary N) is 1. The zero-order valence-electron chi connectivity index (χ0n) is 11.8. The van der Waals surface area contributed by atoms with Crippen molar-refractivity contribution in [2.24, 2.45) is 0 Å². The van der Waals surface area contributed by atoms with Crippen LogP contribution in [0.2, 0.25) is 0 Å². The Hall–Kier alpha value is -2.80. The quantitative estimate of drug-likeness (QED) is 0.775. The molecular formula is C15H13N5OS. The number of carbonyl (C=O) groups is 1. The number of nitrogens with one attached hydrogen (secondary N) is 1. The number of aromatic nitrogens is 3. The molecule has 0 aliphatic rings. The molecule has 1 aromatic carbocycles. The Bertz CT molecular complexity index is 813. The van der Waals surface area contributed by atoms with Gasteiger partial charge < -0.3 is 11.1 Å². The number of aryl methyl sites for hydroxylation is 1. The van der Waals surface area contributed by atoms with Gasteiger partial charge >= 0.3 is 0 Å². The molecule has 0 saturated carbocycles. The average molecular weight is 311 g/mol. The molecule has 3 aromatic rings. The Morgan fingerprint density at radius 3 is 2.55 bits per heavy atom. The lowest BCUT2D eigenvalue weighted by molar-refractivity contribution is 0.102. The summed E-state index contributed by atoms with van der Waals surface area (Å²) in [4.78, 5) is 24.3. The van der Waals surface area contributed by atoms with E-state index in [0.717, 1.165) is 16.3 Å². The van der Waals surface area contributed by atoms with Gasteiger partial charge in [0.2, 0.25) is 0 Å². The highest BCUT2D eigenvalue weighted by Crippen LogP contribution is 2.23. The van der Waals surface area contributed by atoms with E-state index in [2.05, 4.69) is 20.3 Å². The Morgan fingerprint density at radius 1 is 1.18 bits per heavy atom. The van der Waals surface area contributed by atoms with E-state index < -0.39 is 0 Å². The van der Waals surface area contributed by atoms with E-state index in [0.29, 0.717) is 5.69 Å². The van der Waals surface area contributed by atoms with Crippen LogP contribution in [0.4, 0.5) is 11.5 Å². The van der Waals surface area contributed by atoms with Crippen molar-refractivity contribution < 1.29 is 4.79 Å². The fourth-order valence-electron chi connectivity index (χ4n) is 1.93. The highest BCUT2D eigenvalue weighted by molar-refractivity contribution is 7.09. The second kappa shape index (κ2) is 5.90. The average Bonchev–Trinajstić information content (AvgIpc) is 2.95. The Labute approximate surface area is 131 Å². The number of benzene rings is 1. The number of rotatable bonds is 3. The van der Waals surface area contributed by atoms with E-state index in [1.54, 1.807) is 11.3 Å². The van der Waals surface area contributed by atoms with E-state index >= 15 is 0 Å². The van der Waals surface area contributed by atoms with Crippen molar-refractivity contribution in [2.75, 3.05) is 11.1 Å². The van der Waals surface area contributed by atoms with Crippen LogP contribution < -0.4 is 11.1 Å². The van der Waals surface area contributed by atoms with Gasteiger partial charge in [-0.05, 0) is 19.1 Å². The standard InChI is InChI=1S/C15H13N5OS/c1-9-19-12(8-22-9)10-2-4-11(5-3-10)20-15(21)13-14(16)18-7-6-17-13/h2-8H,1H3,(H2,16,18)(H,20,21). The molecule has 0 atom stereocenters. The summed E-state index contributed by atoms with van der Waals surface area (Å²) in [6, 6.07) is 7.44. The van der Waals surface area contributed by atoms with Gasteiger partial charge in [0.25, 0.3) is 5.91 Å². The first-order valence-corrected chi connectivity index (χ1v) is 7.42. The highest BCUT2D eigenvalue weighted by atomic mass is 32.1. The molecule has 3 rings (SSSR count). The summed E-state index contributed by atoms with van der Waals surface area (Å²) in [5.74, 6) is -0.280. The number of hydrogen-bond donors (Lipinski definition) is 2. The minimum Gasteiger partial charge on any atom is -0.382 e. The van der Waals surface area contributed by atoms with Crippen LogP contribution in [0.5, 0.6) is 0 Å². The van der Waals surface area contributed by atoms with Crippen molar-refractivity contribution in [3.05, 3.63) is 52.7 Å². The molecule has 2 aromatic heterocycles. The number of hydrogen-bond acceptors (Lipinski definition) is 6. The van der Waals surface area contributed by atoms with E-state index in [1.165, 1.54) is 12.4 Å². The normalized spacial score (nSPS) is 10.4. The number of anilines is 2. The van der Waals surface area contributed by atoms with Crippen LogP contribution in [0.15, 0.2) is 42.0 Å². The zero-order valence-corrected chi connectivity index (χ0v) is 12.6. The van der Waals surface area contributed by atoms with Crippen molar-refractivity contribution in [3.8, 4) is 11.3 Å². The number of amides is 1. The van der Waals surface area contributed by atoms with E-state index in [4.69, 9.17) is 5.73 Å². The first kappa shape index (κ1) is 14.2. The van der Waals surface area contributed by atoms with Gasteiger partial charge in [-0.3, -0.25) is 4.79 Å². The molecule has 110 valence electrons. The van der Waals surface area contributed by atoms with Crippen molar-refractivity contribution in [1.82, 2.24) is 15.0 Å². The molecule has 0 unspecified atom stereocenters. The van der Waals surface area contributed by atoms with Crippen LogP contribution in [0.25, 0.3) is 11.3 Å². The predicted molar refractivity (Wildman–Crippen MR) is 86.7 cm³/mol. The fourth-order valence-corrected chi connectivity index (χ4v) is 2.56. The van der Waals surface area contributed by atoms with Crippen molar-refractivity contribution in [1.29, 1.82) is 0 Å². The minimum atomic E-state index is -0.386. The first-order chi connectivity index (χ1) is 10.6. The highest BCUT2D eigenvalue weighted by Gasteiger charge is 2.12. The summed E-state index contributed by atoms with van der Waals surface area (Å²) in [7, 11) is 0. The molecule has 0 aliphatic carbocycles. The summed E-state index contributed by atoms with van der Waals surface area (Å²) in [5.41, 5.74) is 8.34. The van der Waals surface area contributed by atoms with Gasteiger partial charge in [0, 0.05) is 29.0 Å². The summed E-state index contributed by atoms with van der Waals surface area (Å²) in [6.45, 7) is 1.97. The summed E-state index contributed by atoms with van der Waals surface area (Å²) < 4.78 is 0. The molecule has 1 amide bonds. The second-order valence-electron chi connectivity index (χ2n) is 4.57. The molecule has 0 bridgehead atoms. The van der Waals surface area contributed by atoms with Crippen LogP contribution in [0.1, 0.15) is 15.5 Å². The lowest BCUT2D eigenvalue weighted by Gasteiger charge is -2.06. The lowest BCUT2D eigenvalue weighted by atomic mass is 10.1. The summed E-state index contributed by atoms with van der Waals surface area (Å²) in [5, 5.41) is 5.77. The van der Waals surface area contributed by atoms with Crippen LogP contribution in [0, 0.1) is 6.92 Å². The summed E-state index contributed by atoms with van der Waals surface area (Å²) in [6.07, 6.45) is 2.87. The van der Waals surface area contributed by atoms with E-state index in [1.807, 2.05) is 36.6 Å². The van der Waals surface area contributed by atoms with Crippen LogP contribution in [-0.4, -0.2) is 20.9 Å². The monoisotopic (exact) mass is 311 g/mol. The lowest BCUT2D eigenvalue weighted by Crippen LogP contribution is -2.16. The van der Waals surface area contributed by atoms with Crippen LogP contribution >= 0.6 is 11.3 Å². The largest absolute Gasteiger partial charge is 0.382 e. The number of nitrogen functional groups attached to an aromatic ring is 1. The Morgan fingerprint density at radius 2 is 1.91 bits per heavy atom. The first-order valence-electron chi connectivity index (χ1n) is 6.54. The third-order valence-electron chi connectivity index (χ3n) is 3.00. The molecule has 2 heterocycles. The minimum absolute atomic E-state index is 0.106. The second-order valence-corrected chi connectivity index (χ2v) is 5.64.